The number of rotatable bonds is 5. The number of carbonyl (C=O) groups excluding carboxylic acids is 1. The molecule has 0 amide bonds. The highest BCUT2D eigenvalue weighted by Gasteiger charge is 2.21. The van der Waals surface area contributed by atoms with E-state index in [9.17, 15) is 9.59 Å². The van der Waals surface area contributed by atoms with Crippen molar-refractivity contribution in [3.05, 3.63) is 64.1 Å². The summed E-state index contributed by atoms with van der Waals surface area (Å²) in [5.41, 5.74) is 2.18. The first-order chi connectivity index (χ1) is 13.2. The molecule has 0 bridgehead atoms. The molecule has 0 aliphatic heterocycles. The maximum absolute atomic E-state index is 12.9. The van der Waals surface area contributed by atoms with Gasteiger partial charge in [0.1, 0.15) is 0 Å². The Labute approximate surface area is 169 Å². The molecule has 28 heavy (non-hydrogen) atoms. The lowest BCUT2D eigenvalue weighted by molar-refractivity contribution is 0.0993. The lowest BCUT2D eigenvalue weighted by Crippen LogP contribution is -2.24. The second-order valence-corrected chi connectivity index (χ2v) is 9.08. The van der Waals surface area contributed by atoms with E-state index in [0.29, 0.717) is 28.3 Å². The molecule has 0 saturated heterocycles. The smallest absolute Gasteiger partial charge is 0.263 e. The molecule has 0 aliphatic carbocycles. The van der Waals surface area contributed by atoms with Crippen LogP contribution >= 0.6 is 11.8 Å². The topological polar surface area (TPSA) is 64.8 Å². The summed E-state index contributed by atoms with van der Waals surface area (Å²) in [6, 6.07) is 11.2. The fourth-order valence-electron chi connectivity index (χ4n) is 2.99. The SMILES string of the molecule is CCn1c(S[C@@H](C)C(=O)c2ccc(C(C)(C)C)cc2)nc2ncccc2c1=O. The van der Waals surface area contributed by atoms with E-state index in [4.69, 9.17) is 0 Å². The van der Waals surface area contributed by atoms with Crippen molar-refractivity contribution >= 4 is 28.6 Å². The molecule has 6 heteroatoms. The van der Waals surface area contributed by atoms with Crippen LogP contribution in [0.2, 0.25) is 0 Å². The Morgan fingerprint density at radius 3 is 2.46 bits per heavy atom. The molecule has 0 aliphatic rings. The predicted octanol–water partition coefficient (Wildman–Crippen LogP) is 4.47. The Morgan fingerprint density at radius 2 is 1.86 bits per heavy atom. The van der Waals surface area contributed by atoms with Gasteiger partial charge >= 0.3 is 0 Å². The molecule has 2 aromatic heterocycles. The minimum absolute atomic E-state index is 0.0171. The second-order valence-electron chi connectivity index (χ2n) is 7.77. The molecule has 0 fully saturated rings. The van der Waals surface area contributed by atoms with Crippen molar-refractivity contribution < 1.29 is 4.79 Å². The van der Waals surface area contributed by atoms with E-state index in [-0.39, 0.29) is 22.0 Å². The first-order valence-electron chi connectivity index (χ1n) is 9.39. The van der Waals surface area contributed by atoms with Crippen LogP contribution in [0.25, 0.3) is 11.0 Å². The Bertz CT molecular complexity index is 1070. The number of hydrogen-bond donors (Lipinski definition) is 0. The van der Waals surface area contributed by atoms with Crippen LogP contribution in [-0.2, 0) is 12.0 Å². The summed E-state index contributed by atoms with van der Waals surface area (Å²) in [7, 11) is 0. The molecular formula is C22H25N3O2S. The maximum atomic E-state index is 12.9. The van der Waals surface area contributed by atoms with Crippen LogP contribution in [0.15, 0.2) is 52.5 Å². The Kier molecular flexibility index (Phi) is 5.70. The van der Waals surface area contributed by atoms with Crippen LogP contribution < -0.4 is 5.56 Å². The van der Waals surface area contributed by atoms with Gasteiger partial charge in [0.15, 0.2) is 16.6 Å². The maximum Gasteiger partial charge on any atom is 0.263 e. The summed E-state index contributed by atoms with van der Waals surface area (Å²) in [5, 5.41) is 0.641. The fourth-order valence-corrected chi connectivity index (χ4v) is 4.02. The van der Waals surface area contributed by atoms with E-state index in [0.717, 1.165) is 0 Å². The average molecular weight is 396 g/mol. The molecule has 1 aromatic carbocycles. The van der Waals surface area contributed by atoms with Crippen LogP contribution in [0.1, 0.15) is 50.5 Å². The zero-order chi connectivity index (χ0) is 20.5. The summed E-state index contributed by atoms with van der Waals surface area (Å²) in [5.74, 6) is 0.0171. The number of Topliss-reactive ketones (excluding diaryl/α,β-unsaturated/α-hetero) is 1. The van der Waals surface area contributed by atoms with Crippen molar-refractivity contribution in [2.24, 2.45) is 0 Å². The second kappa shape index (κ2) is 7.87. The number of nitrogens with zero attached hydrogens (tertiary/aromatic N) is 3. The number of fused-ring (bicyclic) bond motifs is 1. The minimum atomic E-state index is -0.369. The van der Waals surface area contributed by atoms with Gasteiger partial charge in [-0.3, -0.25) is 14.2 Å². The number of pyridine rings is 1. The van der Waals surface area contributed by atoms with Gasteiger partial charge in [-0.05, 0) is 37.0 Å². The number of hydrogen-bond acceptors (Lipinski definition) is 5. The Morgan fingerprint density at radius 1 is 1.18 bits per heavy atom. The van der Waals surface area contributed by atoms with Crippen molar-refractivity contribution in [1.82, 2.24) is 14.5 Å². The van der Waals surface area contributed by atoms with Gasteiger partial charge in [-0.25, -0.2) is 9.97 Å². The molecular weight excluding hydrogens is 370 g/mol. The van der Waals surface area contributed by atoms with Gasteiger partial charge in [-0.2, -0.15) is 0 Å². The Hall–Kier alpha value is -2.47. The van der Waals surface area contributed by atoms with Crippen molar-refractivity contribution in [3.63, 3.8) is 0 Å². The average Bonchev–Trinajstić information content (AvgIpc) is 2.67. The molecule has 3 rings (SSSR count). The molecule has 0 radical (unpaired) electrons. The highest BCUT2D eigenvalue weighted by molar-refractivity contribution is 8.00. The third-order valence-corrected chi connectivity index (χ3v) is 5.79. The van der Waals surface area contributed by atoms with Gasteiger partial charge in [0.2, 0.25) is 0 Å². The van der Waals surface area contributed by atoms with E-state index in [1.165, 1.54) is 17.3 Å². The summed E-state index contributed by atoms with van der Waals surface area (Å²) >= 11 is 1.30. The van der Waals surface area contributed by atoms with Crippen molar-refractivity contribution in [2.75, 3.05) is 0 Å². The summed E-state index contributed by atoms with van der Waals surface area (Å²) in [4.78, 5) is 34.4. The van der Waals surface area contributed by atoms with Gasteiger partial charge in [0.05, 0.1) is 10.6 Å². The fraction of sp³-hybridized carbons (Fsp3) is 0.364. The van der Waals surface area contributed by atoms with Crippen LogP contribution in [0.3, 0.4) is 0 Å². The highest BCUT2D eigenvalue weighted by Crippen LogP contribution is 2.26. The summed E-state index contributed by atoms with van der Waals surface area (Å²) in [6.45, 7) is 10.7. The van der Waals surface area contributed by atoms with Crippen LogP contribution in [0.5, 0.6) is 0 Å². The molecule has 0 spiro atoms. The zero-order valence-electron chi connectivity index (χ0n) is 16.9. The predicted molar refractivity (Wildman–Crippen MR) is 114 cm³/mol. The molecule has 0 saturated carbocycles. The molecule has 0 unspecified atom stereocenters. The van der Waals surface area contributed by atoms with Crippen LogP contribution in [0.4, 0.5) is 0 Å². The first-order valence-corrected chi connectivity index (χ1v) is 10.3. The van der Waals surface area contributed by atoms with Gasteiger partial charge in [-0.1, -0.05) is 56.8 Å². The zero-order valence-corrected chi connectivity index (χ0v) is 17.7. The van der Waals surface area contributed by atoms with E-state index in [2.05, 4.69) is 30.7 Å². The first kappa shape index (κ1) is 20.3. The number of carbonyl (C=O) groups is 1. The summed E-state index contributed by atoms with van der Waals surface area (Å²) in [6.07, 6.45) is 1.62. The lowest BCUT2D eigenvalue weighted by atomic mass is 9.86. The van der Waals surface area contributed by atoms with Gasteiger partial charge in [-0.15, -0.1) is 0 Å². The summed E-state index contributed by atoms with van der Waals surface area (Å²) < 4.78 is 1.60. The van der Waals surface area contributed by atoms with E-state index in [1.807, 2.05) is 38.1 Å². The van der Waals surface area contributed by atoms with Crippen molar-refractivity contribution in [3.8, 4) is 0 Å². The third-order valence-electron chi connectivity index (χ3n) is 4.70. The number of aromatic nitrogens is 3. The van der Waals surface area contributed by atoms with Gasteiger partial charge < -0.3 is 0 Å². The molecule has 1 atom stereocenters. The van der Waals surface area contributed by atoms with E-state index >= 15 is 0 Å². The largest absolute Gasteiger partial charge is 0.293 e. The normalized spacial score (nSPS) is 12.9. The standard InChI is InChI=1S/C22H25N3O2S/c1-6-25-20(27)17-8-7-13-23-19(17)24-21(25)28-14(2)18(26)15-9-11-16(12-10-15)22(3,4)5/h7-14H,6H2,1-5H3/t14-/m0/s1. The van der Waals surface area contributed by atoms with Gasteiger partial charge in [0.25, 0.3) is 5.56 Å². The monoisotopic (exact) mass is 395 g/mol. The van der Waals surface area contributed by atoms with Crippen LogP contribution in [-0.4, -0.2) is 25.6 Å². The quantitative estimate of drug-likeness (QED) is 0.362. The third kappa shape index (κ3) is 4.02. The lowest BCUT2D eigenvalue weighted by Gasteiger charge is -2.19. The minimum Gasteiger partial charge on any atom is -0.293 e. The van der Waals surface area contributed by atoms with Crippen molar-refractivity contribution in [2.45, 2.75) is 57.0 Å². The molecule has 2 heterocycles. The van der Waals surface area contributed by atoms with Crippen molar-refractivity contribution in [1.29, 1.82) is 0 Å². The van der Waals surface area contributed by atoms with E-state index < -0.39 is 0 Å². The van der Waals surface area contributed by atoms with E-state index in [1.54, 1.807) is 22.9 Å². The van der Waals surface area contributed by atoms with Gasteiger partial charge in [0, 0.05) is 18.3 Å². The number of thioether (sulfide) groups is 1. The molecule has 146 valence electrons. The number of ketones is 1. The molecule has 5 nitrogen and oxygen atoms in total. The molecule has 3 aromatic rings. The van der Waals surface area contributed by atoms with Crippen LogP contribution in [0, 0.1) is 0 Å². The number of benzene rings is 1. The highest BCUT2D eigenvalue weighted by atomic mass is 32.2. The molecule has 0 N–H and O–H groups in total. The Balaban J connectivity index is 1.89.